The number of nitrogens with zero attached hydrogens (tertiary/aromatic N) is 4. The van der Waals surface area contributed by atoms with Gasteiger partial charge in [0.15, 0.2) is 5.82 Å². The number of amides is 1. The maximum atomic E-state index is 12.7. The Kier molecular flexibility index (Phi) is 5.38. The fraction of sp³-hybridized carbons (Fsp3) is 0.400. The summed E-state index contributed by atoms with van der Waals surface area (Å²) < 4.78 is 5.18. The number of anilines is 1. The largest absolute Gasteiger partial charge is 0.356 e. The van der Waals surface area contributed by atoms with E-state index in [0.717, 1.165) is 30.8 Å². The molecule has 0 saturated carbocycles. The third-order valence-electron chi connectivity index (χ3n) is 4.97. The van der Waals surface area contributed by atoms with Gasteiger partial charge < -0.3 is 14.7 Å². The van der Waals surface area contributed by atoms with Crippen LogP contribution in [0.25, 0.3) is 11.5 Å². The van der Waals surface area contributed by atoms with Gasteiger partial charge in [-0.2, -0.15) is 4.98 Å². The van der Waals surface area contributed by atoms with Crippen molar-refractivity contribution in [2.75, 3.05) is 18.0 Å². The third-order valence-corrected chi connectivity index (χ3v) is 6.02. The highest BCUT2D eigenvalue weighted by molar-refractivity contribution is 7.10. The Labute approximate surface area is 167 Å². The quantitative estimate of drug-likeness (QED) is 0.708. The summed E-state index contributed by atoms with van der Waals surface area (Å²) in [6.07, 6.45) is 3.61. The SMILES string of the molecule is Cc1noc(-c2ccc(N3CCC[C@@H](C(=O)N[C@@H](C)c4cccs4)C3)nc2)n1. The van der Waals surface area contributed by atoms with E-state index in [0.29, 0.717) is 18.3 Å². The molecule has 1 amide bonds. The van der Waals surface area contributed by atoms with Gasteiger partial charge in [-0.25, -0.2) is 4.98 Å². The molecule has 4 heterocycles. The van der Waals surface area contributed by atoms with Crippen LogP contribution in [0.4, 0.5) is 5.82 Å². The van der Waals surface area contributed by atoms with Crippen LogP contribution < -0.4 is 10.2 Å². The minimum atomic E-state index is -0.0313. The summed E-state index contributed by atoms with van der Waals surface area (Å²) in [5.41, 5.74) is 0.792. The Bertz CT molecular complexity index is 922. The van der Waals surface area contributed by atoms with Crippen LogP contribution in [0.5, 0.6) is 0 Å². The predicted octanol–water partition coefficient (Wildman–Crippen LogP) is 3.60. The van der Waals surface area contributed by atoms with E-state index in [9.17, 15) is 4.79 Å². The number of aromatic nitrogens is 3. The summed E-state index contributed by atoms with van der Waals surface area (Å²) in [5, 5.41) is 9.00. The number of piperidine rings is 1. The van der Waals surface area contributed by atoms with E-state index in [1.54, 1.807) is 24.5 Å². The monoisotopic (exact) mass is 397 g/mol. The van der Waals surface area contributed by atoms with Gasteiger partial charge in [-0.05, 0) is 50.3 Å². The summed E-state index contributed by atoms with van der Waals surface area (Å²) in [7, 11) is 0. The van der Waals surface area contributed by atoms with Gasteiger partial charge in [0.05, 0.1) is 17.5 Å². The number of aryl methyl sites for hydroxylation is 1. The Balaban J connectivity index is 1.40. The molecule has 1 aliphatic rings. The van der Waals surface area contributed by atoms with Gasteiger partial charge in [-0.3, -0.25) is 4.79 Å². The molecule has 0 aliphatic carbocycles. The summed E-state index contributed by atoms with van der Waals surface area (Å²) in [6.45, 7) is 5.39. The Morgan fingerprint density at radius 2 is 2.29 bits per heavy atom. The predicted molar refractivity (Wildman–Crippen MR) is 108 cm³/mol. The van der Waals surface area contributed by atoms with Crippen molar-refractivity contribution >= 4 is 23.1 Å². The van der Waals surface area contributed by atoms with Crippen molar-refractivity contribution in [3.63, 3.8) is 0 Å². The van der Waals surface area contributed by atoms with Crippen LogP contribution in [-0.2, 0) is 4.79 Å². The first-order valence-corrected chi connectivity index (χ1v) is 10.3. The summed E-state index contributed by atoms with van der Waals surface area (Å²) in [6, 6.07) is 7.98. The van der Waals surface area contributed by atoms with Gasteiger partial charge in [-0.15, -0.1) is 11.3 Å². The number of pyridine rings is 1. The number of thiophene rings is 1. The normalized spacial score (nSPS) is 18.1. The summed E-state index contributed by atoms with van der Waals surface area (Å²) in [5.74, 6) is 2.01. The van der Waals surface area contributed by atoms with E-state index in [1.165, 1.54) is 4.88 Å². The second kappa shape index (κ2) is 8.10. The van der Waals surface area contributed by atoms with E-state index in [2.05, 4.69) is 31.4 Å². The molecule has 8 heteroatoms. The van der Waals surface area contributed by atoms with Crippen molar-refractivity contribution in [1.29, 1.82) is 0 Å². The zero-order chi connectivity index (χ0) is 19.5. The molecule has 1 aliphatic heterocycles. The number of carbonyl (C=O) groups is 1. The van der Waals surface area contributed by atoms with E-state index < -0.39 is 0 Å². The smallest absolute Gasteiger partial charge is 0.259 e. The third kappa shape index (κ3) is 4.06. The molecule has 1 saturated heterocycles. The minimum absolute atomic E-state index is 0.0313. The number of rotatable bonds is 5. The number of hydrogen-bond donors (Lipinski definition) is 1. The standard InChI is InChI=1S/C20H23N5O2S/c1-13(17-6-4-10-28-17)22-19(26)16-5-3-9-25(12-16)18-8-7-15(11-21-18)20-23-14(2)24-27-20/h4,6-8,10-11,13,16H,3,5,9,12H2,1-2H3,(H,22,26)/t13-,16+/m0/s1. The molecule has 0 aromatic carbocycles. The Hall–Kier alpha value is -2.74. The highest BCUT2D eigenvalue weighted by Crippen LogP contribution is 2.25. The molecule has 0 spiro atoms. The van der Waals surface area contributed by atoms with Crippen molar-refractivity contribution in [3.05, 3.63) is 46.5 Å². The van der Waals surface area contributed by atoms with Gasteiger partial charge >= 0.3 is 0 Å². The van der Waals surface area contributed by atoms with Crippen molar-refractivity contribution in [2.24, 2.45) is 5.92 Å². The van der Waals surface area contributed by atoms with Crippen LogP contribution in [0.3, 0.4) is 0 Å². The van der Waals surface area contributed by atoms with Crippen molar-refractivity contribution in [2.45, 2.75) is 32.7 Å². The van der Waals surface area contributed by atoms with Crippen LogP contribution in [0.2, 0.25) is 0 Å². The lowest BCUT2D eigenvalue weighted by molar-refractivity contribution is -0.125. The van der Waals surface area contributed by atoms with Crippen molar-refractivity contribution in [3.8, 4) is 11.5 Å². The first kappa shape index (κ1) is 18.6. The molecule has 3 aromatic heterocycles. The van der Waals surface area contributed by atoms with E-state index in [4.69, 9.17) is 4.52 Å². The lowest BCUT2D eigenvalue weighted by Crippen LogP contribution is -2.43. The molecule has 146 valence electrons. The van der Waals surface area contributed by atoms with Gasteiger partial charge in [0.2, 0.25) is 5.91 Å². The van der Waals surface area contributed by atoms with Crippen LogP contribution in [0.1, 0.15) is 36.5 Å². The van der Waals surface area contributed by atoms with Gasteiger partial charge in [0.1, 0.15) is 5.82 Å². The summed E-state index contributed by atoms with van der Waals surface area (Å²) >= 11 is 1.67. The van der Waals surface area contributed by atoms with Crippen molar-refractivity contribution in [1.82, 2.24) is 20.4 Å². The van der Waals surface area contributed by atoms with Crippen LogP contribution in [0.15, 0.2) is 40.4 Å². The lowest BCUT2D eigenvalue weighted by atomic mass is 9.96. The molecule has 0 bridgehead atoms. The number of carbonyl (C=O) groups excluding carboxylic acids is 1. The molecule has 1 fully saturated rings. The maximum Gasteiger partial charge on any atom is 0.259 e. The van der Waals surface area contributed by atoms with E-state index >= 15 is 0 Å². The molecule has 0 unspecified atom stereocenters. The Morgan fingerprint density at radius 3 is 2.96 bits per heavy atom. The average molecular weight is 398 g/mol. The average Bonchev–Trinajstić information content (AvgIpc) is 3.40. The van der Waals surface area contributed by atoms with Crippen LogP contribution in [0, 0.1) is 12.8 Å². The van der Waals surface area contributed by atoms with Gasteiger partial charge in [-0.1, -0.05) is 11.2 Å². The highest BCUT2D eigenvalue weighted by Gasteiger charge is 2.27. The molecular formula is C20H23N5O2S. The summed E-state index contributed by atoms with van der Waals surface area (Å²) in [4.78, 5) is 24.9. The van der Waals surface area contributed by atoms with Gasteiger partial charge in [0.25, 0.3) is 5.89 Å². The highest BCUT2D eigenvalue weighted by atomic mass is 32.1. The van der Waals surface area contributed by atoms with Crippen LogP contribution >= 0.6 is 11.3 Å². The van der Waals surface area contributed by atoms with E-state index in [1.807, 2.05) is 30.5 Å². The first-order chi connectivity index (χ1) is 13.6. The zero-order valence-electron chi connectivity index (χ0n) is 16.0. The molecule has 4 rings (SSSR count). The molecule has 1 N–H and O–H groups in total. The fourth-order valence-corrected chi connectivity index (χ4v) is 4.19. The molecule has 3 aromatic rings. The Morgan fingerprint density at radius 1 is 1.39 bits per heavy atom. The van der Waals surface area contributed by atoms with Crippen molar-refractivity contribution < 1.29 is 9.32 Å². The van der Waals surface area contributed by atoms with Gasteiger partial charge in [0, 0.05) is 24.2 Å². The number of nitrogens with one attached hydrogen (secondary N) is 1. The topological polar surface area (TPSA) is 84.2 Å². The molecule has 7 nitrogen and oxygen atoms in total. The molecule has 28 heavy (non-hydrogen) atoms. The zero-order valence-corrected chi connectivity index (χ0v) is 16.8. The molecule has 2 atom stereocenters. The maximum absolute atomic E-state index is 12.7. The van der Waals surface area contributed by atoms with E-state index in [-0.39, 0.29) is 17.9 Å². The lowest BCUT2D eigenvalue weighted by Gasteiger charge is -2.33. The van der Waals surface area contributed by atoms with Crippen LogP contribution in [-0.4, -0.2) is 34.1 Å². The fourth-order valence-electron chi connectivity index (χ4n) is 3.45. The molecular weight excluding hydrogens is 374 g/mol. The second-order valence-corrected chi connectivity index (χ2v) is 8.06. The molecule has 0 radical (unpaired) electrons. The number of hydrogen-bond acceptors (Lipinski definition) is 7. The second-order valence-electron chi connectivity index (χ2n) is 7.08. The minimum Gasteiger partial charge on any atom is -0.356 e. The first-order valence-electron chi connectivity index (χ1n) is 9.45.